The van der Waals surface area contributed by atoms with Crippen LogP contribution in [0, 0.1) is 0 Å². The second-order valence-electron chi connectivity index (χ2n) is 7.14. The number of esters is 1. The van der Waals surface area contributed by atoms with Crippen molar-refractivity contribution in [1.29, 1.82) is 0 Å². The molecule has 0 spiro atoms. The molecule has 0 N–H and O–H groups in total. The molecule has 0 amide bonds. The van der Waals surface area contributed by atoms with Gasteiger partial charge in [-0.1, -0.05) is 18.2 Å². The molecule has 8 heteroatoms. The van der Waals surface area contributed by atoms with Crippen LogP contribution in [-0.2, 0) is 4.74 Å². The van der Waals surface area contributed by atoms with Crippen molar-refractivity contribution in [1.82, 2.24) is 20.1 Å². The van der Waals surface area contributed by atoms with Crippen LogP contribution in [0.5, 0.6) is 0 Å². The third-order valence-corrected chi connectivity index (χ3v) is 5.26. The zero-order valence-corrected chi connectivity index (χ0v) is 17.2. The number of carbonyl (C=O) groups is 1. The maximum atomic E-state index is 11.8. The summed E-state index contributed by atoms with van der Waals surface area (Å²) in [6.45, 7) is 7.59. The second-order valence-corrected chi connectivity index (χ2v) is 7.14. The molecule has 0 aliphatic carbocycles. The molecule has 3 heterocycles. The van der Waals surface area contributed by atoms with Gasteiger partial charge in [-0.15, -0.1) is 10.2 Å². The van der Waals surface area contributed by atoms with Gasteiger partial charge in [0.25, 0.3) is 0 Å². The molecular formula is C22H25N5O3. The number of rotatable bonds is 6. The lowest BCUT2D eigenvalue weighted by Crippen LogP contribution is -2.47. The lowest BCUT2D eigenvalue weighted by atomic mass is 10.2. The summed E-state index contributed by atoms with van der Waals surface area (Å²) in [5.74, 6) is 1.69. The van der Waals surface area contributed by atoms with Crippen LogP contribution in [0.4, 0.5) is 5.82 Å². The van der Waals surface area contributed by atoms with Gasteiger partial charge in [-0.2, -0.15) is 0 Å². The van der Waals surface area contributed by atoms with Crippen molar-refractivity contribution in [3.05, 3.63) is 60.1 Å². The van der Waals surface area contributed by atoms with Crippen LogP contribution in [0.3, 0.4) is 0 Å². The van der Waals surface area contributed by atoms with Crippen molar-refractivity contribution in [3.8, 4) is 11.5 Å². The number of ether oxygens (including phenoxy) is 1. The summed E-state index contributed by atoms with van der Waals surface area (Å²) in [4.78, 5) is 20.7. The summed E-state index contributed by atoms with van der Waals surface area (Å²) >= 11 is 0. The molecule has 1 aliphatic heterocycles. The summed E-state index contributed by atoms with van der Waals surface area (Å²) in [5.41, 5.74) is 1.39. The van der Waals surface area contributed by atoms with E-state index in [4.69, 9.17) is 9.15 Å². The largest absolute Gasteiger partial charge is 0.462 e. The Morgan fingerprint density at radius 1 is 1.10 bits per heavy atom. The fourth-order valence-electron chi connectivity index (χ4n) is 3.50. The summed E-state index contributed by atoms with van der Waals surface area (Å²) in [6.07, 6.45) is 1.58. The van der Waals surface area contributed by atoms with Gasteiger partial charge in [-0.05, 0) is 38.1 Å². The molecule has 1 atom stereocenters. The molecule has 0 bridgehead atoms. The summed E-state index contributed by atoms with van der Waals surface area (Å²) in [7, 11) is 0. The first kappa shape index (κ1) is 20.0. The lowest BCUT2D eigenvalue weighted by Gasteiger charge is -2.37. The molecular weight excluding hydrogens is 382 g/mol. The number of pyridine rings is 1. The number of piperazine rings is 1. The highest BCUT2D eigenvalue weighted by molar-refractivity contribution is 5.89. The standard InChI is InChI=1S/C22H25N5O3/c1-3-29-22(28)18-9-10-19(23-15-18)27-13-11-26(12-14-27)16(2)20-24-25-21(30-20)17-7-5-4-6-8-17/h4-10,15-16H,3,11-14H2,1-2H3. The minimum Gasteiger partial charge on any atom is -0.462 e. The number of nitrogens with zero attached hydrogens (tertiary/aromatic N) is 5. The Labute approximate surface area is 175 Å². The average Bonchev–Trinajstić information content (AvgIpc) is 3.30. The van der Waals surface area contributed by atoms with E-state index >= 15 is 0 Å². The lowest BCUT2D eigenvalue weighted by molar-refractivity contribution is 0.0526. The van der Waals surface area contributed by atoms with E-state index in [2.05, 4.69) is 31.9 Å². The number of anilines is 1. The maximum Gasteiger partial charge on any atom is 0.339 e. The van der Waals surface area contributed by atoms with Crippen molar-refractivity contribution < 1.29 is 13.9 Å². The van der Waals surface area contributed by atoms with Gasteiger partial charge in [0.05, 0.1) is 18.2 Å². The van der Waals surface area contributed by atoms with Gasteiger partial charge in [-0.3, -0.25) is 4.90 Å². The summed E-state index contributed by atoms with van der Waals surface area (Å²) in [6, 6.07) is 13.5. The van der Waals surface area contributed by atoms with Crippen molar-refractivity contribution in [2.75, 3.05) is 37.7 Å². The predicted molar refractivity (Wildman–Crippen MR) is 112 cm³/mol. The molecule has 1 saturated heterocycles. The van der Waals surface area contributed by atoms with Gasteiger partial charge in [0.1, 0.15) is 5.82 Å². The van der Waals surface area contributed by atoms with Crippen LogP contribution < -0.4 is 4.90 Å². The zero-order chi connectivity index (χ0) is 20.9. The van der Waals surface area contributed by atoms with E-state index < -0.39 is 0 Å². The highest BCUT2D eigenvalue weighted by atomic mass is 16.5. The van der Waals surface area contributed by atoms with Crippen LogP contribution >= 0.6 is 0 Å². The summed E-state index contributed by atoms with van der Waals surface area (Å²) in [5, 5.41) is 8.46. The summed E-state index contributed by atoms with van der Waals surface area (Å²) < 4.78 is 10.9. The van der Waals surface area contributed by atoms with Crippen molar-refractivity contribution in [2.45, 2.75) is 19.9 Å². The normalized spacial score (nSPS) is 15.7. The molecule has 1 fully saturated rings. The quantitative estimate of drug-likeness (QED) is 0.576. The van der Waals surface area contributed by atoms with Gasteiger partial charge < -0.3 is 14.1 Å². The van der Waals surface area contributed by atoms with Gasteiger partial charge in [0, 0.05) is 37.9 Å². The topological polar surface area (TPSA) is 84.6 Å². The molecule has 1 aromatic carbocycles. The van der Waals surface area contributed by atoms with Crippen LogP contribution in [0.2, 0.25) is 0 Å². The van der Waals surface area contributed by atoms with E-state index in [1.54, 1.807) is 19.2 Å². The van der Waals surface area contributed by atoms with Gasteiger partial charge >= 0.3 is 5.97 Å². The van der Waals surface area contributed by atoms with Gasteiger partial charge in [-0.25, -0.2) is 9.78 Å². The molecule has 1 aliphatic rings. The van der Waals surface area contributed by atoms with E-state index in [0.29, 0.717) is 24.0 Å². The predicted octanol–water partition coefficient (Wildman–Crippen LogP) is 3.19. The second kappa shape index (κ2) is 9.04. The zero-order valence-electron chi connectivity index (χ0n) is 17.2. The van der Waals surface area contributed by atoms with E-state index in [-0.39, 0.29) is 12.0 Å². The number of hydrogen-bond acceptors (Lipinski definition) is 8. The Hall–Kier alpha value is -3.26. The molecule has 0 saturated carbocycles. The Balaban J connectivity index is 1.35. The molecule has 1 unspecified atom stereocenters. The molecule has 2 aromatic heterocycles. The third-order valence-electron chi connectivity index (χ3n) is 5.26. The van der Waals surface area contributed by atoms with E-state index in [9.17, 15) is 4.79 Å². The molecule has 4 rings (SSSR count). The van der Waals surface area contributed by atoms with Crippen molar-refractivity contribution in [3.63, 3.8) is 0 Å². The van der Waals surface area contributed by atoms with Crippen LogP contribution in [0.25, 0.3) is 11.5 Å². The molecule has 156 valence electrons. The monoisotopic (exact) mass is 407 g/mol. The van der Waals surface area contributed by atoms with Gasteiger partial charge in [0.2, 0.25) is 11.8 Å². The van der Waals surface area contributed by atoms with Crippen molar-refractivity contribution in [2.24, 2.45) is 0 Å². The number of carbonyl (C=O) groups excluding carboxylic acids is 1. The molecule has 3 aromatic rings. The number of benzene rings is 1. The molecule has 30 heavy (non-hydrogen) atoms. The smallest absolute Gasteiger partial charge is 0.339 e. The SMILES string of the molecule is CCOC(=O)c1ccc(N2CCN(C(C)c3nnc(-c4ccccc4)o3)CC2)nc1. The third kappa shape index (κ3) is 4.33. The highest BCUT2D eigenvalue weighted by Gasteiger charge is 2.26. The van der Waals surface area contributed by atoms with Gasteiger partial charge in [0.15, 0.2) is 0 Å². The molecule has 8 nitrogen and oxygen atoms in total. The Morgan fingerprint density at radius 2 is 1.87 bits per heavy atom. The van der Waals surface area contributed by atoms with Crippen LogP contribution in [0.15, 0.2) is 53.1 Å². The van der Waals surface area contributed by atoms with Crippen LogP contribution in [-0.4, -0.2) is 58.8 Å². The Morgan fingerprint density at radius 3 is 2.53 bits per heavy atom. The Kier molecular flexibility index (Phi) is 6.04. The highest BCUT2D eigenvalue weighted by Crippen LogP contribution is 2.25. The maximum absolute atomic E-state index is 11.8. The van der Waals surface area contributed by atoms with E-state index in [1.807, 2.05) is 36.4 Å². The fourth-order valence-corrected chi connectivity index (χ4v) is 3.50. The van der Waals surface area contributed by atoms with Crippen LogP contribution in [0.1, 0.15) is 36.1 Å². The van der Waals surface area contributed by atoms with Crippen molar-refractivity contribution >= 4 is 11.8 Å². The minimum absolute atomic E-state index is 0.0382. The minimum atomic E-state index is -0.343. The fraction of sp³-hybridized carbons (Fsp3) is 0.364. The number of hydrogen-bond donors (Lipinski definition) is 0. The Bertz CT molecular complexity index is 966. The first-order chi connectivity index (χ1) is 14.7. The van der Waals surface area contributed by atoms with E-state index in [1.165, 1.54) is 0 Å². The first-order valence-electron chi connectivity index (χ1n) is 10.2. The number of aromatic nitrogens is 3. The molecule has 0 radical (unpaired) electrons. The first-order valence-corrected chi connectivity index (χ1v) is 10.2. The average molecular weight is 407 g/mol. The van der Waals surface area contributed by atoms with E-state index in [0.717, 1.165) is 37.6 Å².